The summed E-state index contributed by atoms with van der Waals surface area (Å²) in [5.41, 5.74) is 3.19. The van der Waals surface area contributed by atoms with Crippen LogP contribution in [-0.2, 0) is 17.6 Å². The third-order valence-electron chi connectivity index (χ3n) is 7.35. The number of rotatable bonds is 8. The Labute approximate surface area is 186 Å². The summed E-state index contributed by atoms with van der Waals surface area (Å²) in [6, 6.07) is 21.6. The number of benzene rings is 2. The first-order valence-corrected chi connectivity index (χ1v) is 11.6. The molecular weight excluding hydrogens is 384 g/mol. The summed E-state index contributed by atoms with van der Waals surface area (Å²) in [5, 5.41) is 0. The van der Waals surface area contributed by atoms with Crippen molar-refractivity contribution >= 4 is 6.09 Å². The summed E-state index contributed by atoms with van der Waals surface area (Å²) in [6.07, 6.45) is 6.10. The van der Waals surface area contributed by atoms with Gasteiger partial charge in [-0.1, -0.05) is 67.2 Å². The topological polar surface area (TPSA) is 29.5 Å². The number of amides is 1. The zero-order chi connectivity index (χ0) is 21.7. The van der Waals surface area contributed by atoms with E-state index in [1.54, 1.807) is 11.9 Å². The Kier molecular flexibility index (Phi) is 6.47. The fraction of sp³-hybridized carbons (Fsp3) is 0.444. The first-order valence-electron chi connectivity index (χ1n) is 11.6. The van der Waals surface area contributed by atoms with Crippen molar-refractivity contribution < 1.29 is 14.0 Å². The molecule has 0 aliphatic carbocycles. The van der Waals surface area contributed by atoms with Gasteiger partial charge in [-0.15, -0.1) is 0 Å². The van der Waals surface area contributed by atoms with Crippen LogP contribution in [0.15, 0.2) is 72.9 Å². The molecule has 4 rings (SSSR count). The number of quaternary nitrogens is 1. The lowest BCUT2D eigenvalue weighted by atomic mass is 9.86. The SMILES string of the molecule is C=C1N(C)C(=O)OC12CC[N+](CCCc1ccccc1)(CCCc1ccccc1)CC2. The summed E-state index contributed by atoms with van der Waals surface area (Å²) < 4.78 is 6.95. The monoisotopic (exact) mass is 419 g/mol. The van der Waals surface area contributed by atoms with Gasteiger partial charge in [-0.05, 0) is 24.0 Å². The van der Waals surface area contributed by atoms with E-state index >= 15 is 0 Å². The fourth-order valence-electron chi connectivity index (χ4n) is 5.26. The van der Waals surface area contributed by atoms with Crippen molar-refractivity contribution in [3.63, 3.8) is 0 Å². The number of hydrogen-bond donors (Lipinski definition) is 0. The second-order valence-corrected chi connectivity index (χ2v) is 9.28. The Morgan fingerprint density at radius 3 is 1.81 bits per heavy atom. The average molecular weight is 420 g/mol. The predicted octanol–water partition coefficient (Wildman–Crippen LogP) is 5.20. The number of aryl methyl sites for hydroxylation is 2. The van der Waals surface area contributed by atoms with E-state index in [4.69, 9.17) is 4.74 Å². The minimum Gasteiger partial charge on any atom is -0.436 e. The molecule has 1 amide bonds. The van der Waals surface area contributed by atoms with Gasteiger partial charge >= 0.3 is 6.09 Å². The Morgan fingerprint density at radius 2 is 1.39 bits per heavy atom. The van der Waals surface area contributed by atoms with E-state index in [1.165, 1.54) is 37.1 Å². The van der Waals surface area contributed by atoms with E-state index in [0.717, 1.165) is 49.0 Å². The molecule has 2 aromatic carbocycles. The predicted molar refractivity (Wildman–Crippen MR) is 125 cm³/mol. The Hall–Kier alpha value is -2.59. The van der Waals surface area contributed by atoms with Crippen LogP contribution in [0.3, 0.4) is 0 Å². The lowest BCUT2D eigenvalue weighted by Crippen LogP contribution is -2.58. The highest BCUT2D eigenvalue weighted by Crippen LogP contribution is 2.41. The van der Waals surface area contributed by atoms with Gasteiger partial charge < -0.3 is 9.22 Å². The van der Waals surface area contributed by atoms with E-state index in [1.807, 2.05) is 0 Å². The molecule has 4 nitrogen and oxygen atoms in total. The maximum Gasteiger partial charge on any atom is 0.414 e. The molecule has 0 saturated carbocycles. The van der Waals surface area contributed by atoms with Gasteiger partial charge in [0.1, 0.15) is 0 Å². The molecule has 164 valence electrons. The van der Waals surface area contributed by atoms with Crippen molar-refractivity contribution in [2.45, 2.75) is 44.1 Å². The highest BCUT2D eigenvalue weighted by atomic mass is 16.6. The Bertz CT molecular complexity index is 838. The molecule has 2 aromatic rings. The number of likely N-dealkylation sites (N-methyl/N-ethyl adjacent to an activating group) is 1. The van der Waals surface area contributed by atoms with Crippen LogP contribution < -0.4 is 0 Å². The molecule has 4 heteroatoms. The number of likely N-dealkylation sites (tertiary alicyclic amines) is 1. The van der Waals surface area contributed by atoms with E-state index in [9.17, 15) is 4.79 Å². The van der Waals surface area contributed by atoms with Crippen LogP contribution >= 0.6 is 0 Å². The molecule has 0 aromatic heterocycles. The molecule has 2 saturated heterocycles. The van der Waals surface area contributed by atoms with E-state index in [2.05, 4.69) is 67.2 Å². The van der Waals surface area contributed by atoms with Crippen molar-refractivity contribution in [2.24, 2.45) is 0 Å². The number of carbonyl (C=O) groups is 1. The molecule has 0 N–H and O–H groups in total. The highest BCUT2D eigenvalue weighted by Gasteiger charge is 2.52. The summed E-state index contributed by atoms with van der Waals surface area (Å²) >= 11 is 0. The standard InChI is InChI=1S/C27H35N2O2/c1-23-27(31-26(30)28(23)2)17-21-29(22-18-27,19-9-15-24-11-5-3-6-12-24)20-10-16-25-13-7-4-8-14-25/h3-8,11-14H,1,9-10,15-22H2,2H3/q+1. The average Bonchev–Trinajstić information content (AvgIpc) is 3.01. The molecule has 2 aliphatic rings. The van der Waals surface area contributed by atoms with Gasteiger partial charge in [0, 0.05) is 32.7 Å². The third-order valence-corrected chi connectivity index (χ3v) is 7.35. The van der Waals surface area contributed by atoms with Gasteiger partial charge in [0.15, 0.2) is 5.60 Å². The van der Waals surface area contributed by atoms with Crippen molar-refractivity contribution in [3.05, 3.63) is 84.1 Å². The number of nitrogens with zero attached hydrogens (tertiary/aromatic N) is 2. The smallest absolute Gasteiger partial charge is 0.414 e. The quantitative estimate of drug-likeness (QED) is 0.551. The second-order valence-electron chi connectivity index (χ2n) is 9.28. The molecule has 2 aliphatic heterocycles. The molecular formula is C27H35N2O2+. The van der Waals surface area contributed by atoms with Crippen LogP contribution in [-0.4, -0.2) is 54.3 Å². The molecule has 1 spiro atoms. The molecule has 2 fully saturated rings. The highest BCUT2D eigenvalue weighted by molar-refractivity contribution is 5.74. The lowest BCUT2D eigenvalue weighted by Gasteiger charge is -2.47. The molecule has 0 atom stereocenters. The van der Waals surface area contributed by atoms with Crippen LogP contribution in [0.4, 0.5) is 4.79 Å². The largest absolute Gasteiger partial charge is 0.436 e. The van der Waals surface area contributed by atoms with Crippen LogP contribution in [0.5, 0.6) is 0 Å². The summed E-state index contributed by atoms with van der Waals surface area (Å²) in [5.74, 6) is 0. The fourth-order valence-corrected chi connectivity index (χ4v) is 5.26. The number of piperidine rings is 1. The van der Waals surface area contributed by atoms with Crippen molar-refractivity contribution in [1.82, 2.24) is 4.90 Å². The van der Waals surface area contributed by atoms with E-state index in [0.29, 0.717) is 0 Å². The van der Waals surface area contributed by atoms with Crippen molar-refractivity contribution in [2.75, 3.05) is 33.2 Å². The number of ether oxygens (including phenoxy) is 1. The van der Waals surface area contributed by atoms with Gasteiger partial charge in [-0.3, -0.25) is 4.90 Å². The van der Waals surface area contributed by atoms with Crippen LogP contribution in [0.2, 0.25) is 0 Å². The molecule has 0 unspecified atom stereocenters. The van der Waals surface area contributed by atoms with Crippen LogP contribution in [0, 0.1) is 0 Å². The van der Waals surface area contributed by atoms with Crippen LogP contribution in [0.1, 0.15) is 36.8 Å². The molecule has 0 bridgehead atoms. The Balaban J connectivity index is 1.40. The van der Waals surface area contributed by atoms with E-state index < -0.39 is 5.60 Å². The zero-order valence-corrected chi connectivity index (χ0v) is 18.8. The molecule has 2 heterocycles. The van der Waals surface area contributed by atoms with Gasteiger partial charge in [0.05, 0.1) is 31.9 Å². The Morgan fingerprint density at radius 1 is 0.903 bits per heavy atom. The zero-order valence-electron chi connectivity index (χ0n) is 18.8. The third kappa shape index (κ3) is 4.85. The van der Waals surface area contributed by atoms with E-state index in [-0.39, 0.29) is 6.09 Å². The second kappa shape index (κ2) is 9.27. The van der Waals surface area contributed by atoms with Gasteiger partial charge in [0.25, 0.3) is 0 Å². The maximum atomic E-state index is 12.1. The van der Waals surface area contributed by atoms with Crippen LogP contribution in [0.25, 0.3) is 0 Å². The minimum absolute atomic E-state index is 0.252. The minimum atomic E-state index is -0.480. The summed E-state index contributed by atoms with van der Waals surface area (Å²) in [4.78, 5) is 13.7. The first kappa shape index (κ1) is 21.6. The first-order chi connectivity index (χ1) is 15.0. The van der Waals surface area contributed by atoms with Gasteiger partial charge in [-0.25, -0.2) is 4.79 Å². The van der Waals surface area contributed by atoms with Crippen molar-refractivity contribution in [1.29, 1.82) is 0 Å². The van der Waals surface area contributed by atoms with Gasteiger partial charge in [0.2, 0.25) is 0 Å². The number of hydrogen-bond acceptors (Lipinski definition) is 2. The number of carbonyl (C=O) groups excluding carboxylic acids is 1. The normalized spacial score (nSPS) is 19.6. The summed E-state index contributed by atoms with van der Waals surface area (Å²) in [6.45, 7) is 8.63. The molecule has 31 heavy (non-hydrogen) atoms. The summed E-state index contributed by atoms with van der Waals surface area (Å²) in [7, 11) is 1.77. The maximum absolute atomic E-state index is 12.1. The van der Waals surface area contributed by atoms with Crippen molar-refractivity contribution in [3.8, 4) is 0 Å². The molecule has 0 radical (unpaired) electrons. The lowest BCUT2D eigenvalue weighted by molar-refractivity contribution is -0.934. The van der Waals surface area contributed by atoms with Gasteiger partial charge in [-0.2, -0.15) is 0 Å².